The van der Waals surface area contributed by atoms with Crippen molar-refractivity contribution in [3.05, 3.63) is 171 Å². The number of anilines is 2. The average Bonchev–Trinajstić information content (AvgIpc) is 1.69. The van der Waals surface area contributed by atoms with Crippen molar-refractivity contribution in [3.8, 4) is 17.6 Å². The number of ketones is 1. The van der Waals surface area contributed by atoms with Crippen molar-refractivity contribution in [1.29, 1.82) is 5.26 Å². The molecule has 1 unspecified atom stereocenters. The lowest BCUT2D eigenvalue weighted by Gasteiger charge is -2.37. The zero-order valence-electron chi connectivity index (χ0n) is 46.6. The van der Waals surface area contributed by atoms with E-state index in [2.05, 4.69) is 36.6 Å². The van der Waals surface area contributed by atoms with Crippen molar-refractivity contribution < 1.29 is 61.2 Å². The minimum atomic E-state index is -2.45. The SMILES string of the molecule is COc1ccc(C(OC[C@H]2O[C@@H](n3ccc(NC(=O)c4ccccc4)nc3=O)C[C@@H]2OP(OCCC#N)OC[C@H]2O[C@@H](n3cnc4c(=O)[nH]c(NC(=O)C(C)C)nc43)C[C@@H]2OC(=O)CCC(C)=O)(c2ccccc2)c2ccc(OC)cc2)cc1. The van der Waals surface area contributed by atoms with Crippen LogP contribution in [0.2, 0.25) is 0 Å². The Labute approximate surface area is 483 Å². The number of nitrogens with zero attached hydrogens (tertiary/aromatic N) is 6. The van der Waals surface area contributed by atoms with Crippen molar-refractivity contribution in [3.63, 3.8) is 0 Å². The van der Waals surface area contributed by atoms with E-state index in [0.717, 1.165) is 16.7 Å². The number of aromatic nitrogens is 6. The number of fused-ring (bicyclic) bond motifs is 1. The van der Waals surface area contributed by atoms with Gasteiger partial charge in [0, 0.05) is 36.9 Å². The van der Waals surface area contributed by atoms with Crippen LogP contribution in [0.3, 0.4) is 0 Å². The molecule has 3 aromatic heterocycles. The first-order chi connectivity index (χ1) is 40.6. The van der Waals surface area contributed by atoms with Crippen molar-refractivity contribution >= 4 is 55.1 Å². The van der Waals surface area contributed by atoms with Crippen LogP contribution in [0, 0.1) is 17.2 Å². The van der Waals surface area contributed by atoms with Crippen LogP contribution in [0.1, 0.15) is 92.4 Å². The summed E-state index contributed by atoms with van der Waals surface area (Å²) in [6.07, 6.45) is -3.54. The van der Waals surface area contributed by atoms with Crippen LogP contribution >= 0.6 is 8.60 Å². The second-order valence-electron chi connectivity index (χ2n) is 19.9. The minimum Gasteiger partial charge on any atom is -0.497 e. The van der Waals surface area contributed by atoms with Crippen LogP contribution in [-0.2, 0) is 52.5 Å². The third-order valence-electron chi connectivity index (χ3n) is 13.9. The first-order valence-corrected chi connectivity index (χ1v) is 28.1. The molecular weight excluding hydrogens is 1110 g/mol. The zero-order valence-corrected chi connectivity index (χ0v) is 47.5. The van der Waals surface area contributed by atoms with Crippen molar-refractivity contribution in [2.45, 2.75) is 95.3 Å². The topological polar surface area (TPSA) is 298 Å². The second-order valence-corrected chi connectivity index (χ2v) is 21.1. The smallest absolute Gasteiger partial charge is 0.351 e. The number of amides is 2. The molecule has 4 aromatic carbocycles. The van der Waals surface area contributed by atoms with Gasteiger partial charge in [0.1, 0.15) is 59.5 Å². The number of carbonyl (C=O) groups is 4. The molecule has 0 spiro atoms. The largest absolute Gasteiger partial charge is 0.497 e. The van der Waals surface area contributed by atoms with E-state index in [-0.39, 0.29) is 80.6 Å². The lowest BCUT2D eigenvalue weighted by Crippen LogP contribution is -2.38. The minimum absolute atomic E-state index is 0.00215. The molecular formula is C59H62N9O15P. The van der Waals surface area contributed by atoms with Crippen LogP contribution in [-0.4, -0.2) is 111 Å². The summed E-state index contributed by atoms with van der Waals surface area (Å²) < 4.78 is 59.8. The Hall–Kier alpha value is -8.53. The molecule has 5 heterocycles. The predicted molar refractivity (Wildman–Crippen MR) is 304 cm³/mol. The first kappa shape index (κ1) is 60.1. The number of methoxy groups -OCH3 is 2. The van der Waals surface area contributed by atoms with Gasteiger partial charge >= 0.3 is 20.3 Å². The molecule has 2 aliphatic rings. The summed E-state index contributed by atoms with van der Waals surface area (Å²) in [6, 6.07) is 36.5. The van der Waals surface area contributed by atoms with Gasteiger partial charge in [-0.25, -0.2) is 9.78 Å². The summed E-state index contributed by atoms with van der Waals surface area (Å²) in [5, 5.41) is 14.9. The Kier molecular flexibility index (Phi) is 19.8. The number of esters is 1. The molecule has 0 aliphatic carbocycles. The van der Waals surface area contributed by atoms with E-state index in [1.54, 1.807) is 58.4 Å². The van der Waals surface area contributed by atoms with Gasteiger partial charge in [-0.2, -0.15) is 15.2 Å². The van der Waals surface area contributed by atoms with Gasteiger partial charge in [-0.15, -0.1) is 0 Å². The summed E-state index contributed by atoms with van der Waals surface area (Å²) in [5.41, 5.74) is -0.116. The van der Waals surface area contributed by atoms with Crippen molar-refractivity contribution in [2.75, 3.05) is 44.7 Å². The molecule has 2 aliphatic heterocycles. The van der Waals surface area contributed by atoms with Gasteiger partial charge in [0.05, 0.1) is 65.4 Å². The fraction of sp³-hybridized carbons (Fsp3) is 0.356. The fourth-order valence-corrected chi connectivity index (χ4v) is 10.7. The Morgan fingerprint density at radius 1 is 0.774 bits per heavy atom. The van der Waals surface area contributed by atoms with Gasteiger partial charge < -0.3 is 52.1 Å². The van der Waals surface area contributed by atoms with Crippen LogP contribution in [0.25, 0.3) is 11.2 Å². The highest BCUT2D eigenvalue weighted by atomic mass is 31.2. The number of rotatable bonds is 26. The monoisotopic (exact) mass is 1170 g/mol. The number of imidazole rings is 1. The molecule has 24 nitrogen and oxygen atoms in total. The third kappa shape index (κ3) is 14.3. The Balaban J connectivity index is 1.04. The van der Waals surface area contributed by atoms with E-state index >= 15 is 0 Å². The number of ether oxygens (including phenoxy) is 6. The van der Waals surface area contributed by atoms with Gasteiger partial charge in [-0.3, -0.25) is 38.6 Å². The number of hydrogen-bond donors (Lipinski definition) is 3. The number of H-pyrrole nitrogens is 1. The Bertz CT molecular complexity index is 3530. The first-order valence-electron chi connectivity index (χ1n) is 27.0. The maximum absolute atomic E-state index is 14.0. The number of hydrogen-bond acceptors (Lipinski definition) is 19. The normalized spacial score (nSPS) is 18.9. The highest BCUT2D eigenvalue weighted by molar-refractivity contribution is 7.41. The lowest BCUT2D eigenvalue weighted by molar-refractivity contribution is -0.153. The molecule has 7 aromatic rings. The van der Waals surface area contributed by atoms with Crippen LogP contribution < -0.4 is 31.4 Å². The molecule has 2 fully saturated rings. The fourth-order valence-electron chi connectivity index (χ4n) is 9.51. The zero-order chi connectivity index (χ0) is 59.3. The maximum Gasteiger partial charge on any atom is 0.351 e. The number of Topliss-reactive ketones (excluding diaryl/α,β-unsaturated/α-hetero) is 1. The quantitative estimate of drug-likeness (QED) is 0.0203. The summed E-state index contributed by atoms with van der Waals surface area (Å²) in [6.45, 7) is 4.07. The predicted octanol–water partition coefficient (Wildman–Crippen LogP) is 7.66. The van der Waals surface area contributed by atoms with E-state index in [9.17, 15) is 34.0 Å². The third-order valence-corrected chi connectivity index (χ3v) is 15.1. The molecule has 438 valence electrons. The molecule has 2 saturated heterocycles. The van der Waals surface area contributed by atoms with Gasteiger partial charge in [0.2, 0.25) is 11.9 Å². The van der Waals surface area contributed by atoms with Crippen molar-refractivity contribution in [1.82, 2.24) is 29.1 Å². The van der Waals surface area contributed by atoms with Crippen LogP contribution in [0.5, 0.6) is 11.5 Å². The summed E-state index contributed by atoms with van der Waals surface area (Å²) >= 11 is 0. The highest BCUT2D eigenvalue weighted by Crippen LogP contribution is 2.48. The van der Waals surface area contributed by atoms with Gasteiger partial charge in [0.15, 0.2) is 11.2 Å². The number of nitriles is 1. The summed E-state index contributed by atoms with van der Waals surface area (Å²) in [5.74, 6) is -1.06. The average molecular weight is 1170 g/mol. The maximum atomic E-state index is 14.0. The molecule has 3 N–H and O–H groups in total. The molecule has 0 saturated carbocycles. The molecule has 0 radical (unpaired) electrons. The number of benzene rings is 4. The van der Waals surface area contributed by atoms with Gasteiger partial charge in [-0.1, -0.05) is 86.6 Å². The van der Waals surface area contributed by atoms with E-state index in [0.29, 0.717) is 17.1 Å². The highest BCUT2D eigenvalue weighted by Gasteiger charge is 2.46. The molecule has 2 amide bonds. The van der Waals surface area contributed by atoms with Crippen LogP contribution in [0.15, 0.2) is 137 Å². The van der Waals surface area contributed by atoms with Crippen LogP contribution in [0.4, 0.5) is 11.8 Å². The Morgan fingerprint density at radius 2 is 1.39 bits per heavy atom. The number of aromatic amines is 1. The molecule has 9 rings (SSSR count). The van der Waals surface area contributed by atoms with E-state index in [1.807, 2.05) is 78.9 Å². The lowest BCUT2D eigenvalue weighted by atomic mass is 9.80. The van der Waals surface area contributed by atoms with Gasteiger partial charge in [0.25, 0.3) is 11.5 Å². The molecule has 25 heteroatoms. The molecule has 7 atom stereocenters. The molecule has 84 heavy (non-hydrogen) atoms. The molecule has 0 bridgehead atoms. The van der Waals surface area contributed by atoms with Gasteiger partial charge in [-0.05, 0) is 66.1 Å². The second kappa shape index (κ2) is 27.7. The van der Waals surface area contributed by atoms with Crippen molar-refractivity contribution in [2.24, 2.45) is 5.92 Å². The summed E-state index contributed by atoms with van der Waals surface area (Å²) in [4.78, 5) is 93.5. The number of nitrogens with one attached hydrogen (secondary N) is 3. The number of carbonyl (C=O) groups excluding carboxylic acids is 4. The van der Waals surface area contributed by atoms with E-state index < -0.39 is 86.0 Å². The Morgan fingerprint density at radius 3 is 2.01 bits per heavy atom. The standard InChI is InChI=1S/C59H62N9O15P/c1-36(2)54(71)65-57-64-53-52(56(73)66-57)61-35-68(53)50-31-44(82-51(70)26-17-37(3)69)47(81-50)34-79-84(78-30-12-28-60)83-45-32-49(67-29-27-48(63-58(67)74)62-55(72)38-13-8-6-9-14-38)80-46(45)33-77-59(39-15-10-7-11-16-39,40-18-22-42(75-4)23-19-40)41-20-24-43(76-5)25-21-41/h6-11,13-16,18-25,27,29,35-36,44-47,49-50H,12,17,26,30-34H2,1-5H3,(H,62,63,72,74)(H2,64,65,66,71,73)/t44-,45-,46+,47+,49+,50+,84?/m0/s1. The van der Waals surface area contributed by atoms with E-state index in [1.165, 1.54) is 34.6 Å². The summed E-state index contributed by atoms with van der Waals surface area (Å²) in [7, 11) is 0.700. The van der Waals surface area contributed by atoms with E-state index in [4.69, 9.17) is 42.0 Å².